The number of carboxylic acid groups (broad SMARTS) is 1. The fraction of sp³-hybridized carbons (Fsp3) is 0.773. The van der Waals surface area contributed by atoms with Crippen molar-refractivity contribution in [3.05, 3.63) is 42.5 Å². The van der Waals surface area contributed by atoms with Gasteiger partial charge in [0.15, 0.2) is 5.82 Å². The zero-order valence-electron chi connectivity index (χ0n) is 33.7. The van der Waals surface area contributed by atoms with Crippen molar-refractivity contribution in [1.29, 1.82) is 0 Å². The Morgan fingerprint density at radius 3 is 2.47 bits per heavy atom. The summed E-state index contributed by atoms with van der Waals surface area (Å²) in [6.07, 6.45) is 17.2. The van der Waals surface area contributed by atoms with E-state index in [0.717, 1.165) is 69.3 Å². The van der Waals surface area contributed by atoms with Gasteiger partial charge >= 0.3 is 5.97 Å². The van der Waals surface area contributed by atoms with Crippen molar-refractivity contribution in [2.45, 2.75) is 131 Å². The molecule has 0 amide bonds. The minimum absolute atomic E-state index is 0.0296. The Hall–Kier alpha value is -2.62. The maximum atomic E-state index is 13.6. The number of nitrogens with one attached hydrogen (secondary N) is 1. The third kappa shape index (κ3) is 5.24. The van der Waals surface area contributed by atoms with Crippen LogP contribution >= 0.6 is 0 Å². The molecular weight excluding hydrogens is 663 g/mol. The van der Waals surface area contributed by atoms with Gasteiger partial charge in [-0.15, -0.1) is 0 Å². The Morgan fingerprint density at radius 1 is 1.06 bits per heavy atom. The van der Waals surface area contributed by atoms with E-state index in [-0.39, 0.29) is 44.8 Å². The van der Waals surface area contributed by atoms with Crippen molar-refractivity contribution in [2.24, 2.45) is 56.7 Å². The summed E-state index contributed by atoms with van der Waals surface area (Å²) in [5.41, 5.74) is 1.40. The summed E-state index contributed by atoms with van der Waals surface area (Å²) < 4.78 is 16.4. The predicted octanol–water partition coefficient (Wildman–Crippen LogP) is 8.39. The molecule has 0 spiro atoms. The number of carboxylic acids is 1. The van der Waals surface area contributed by atoms with Crippen LogP contribution in [0.3, 0.4) is 0 Å². The predicted molar refractivity (Wildman–Crippen MR) is 206 cm³/mol. The molecule has 5 aliphatic carbocycles. The van der Waals surface area contributed by atoms with Gasteiger partial charge in [-0.05, 0) is 116 Å². The summed E-state index contributed by atoms with van der Waals surface area (Å²) in [6, 6.07) is 4.01. The van der Waals surface area contributed by atoms with Gasteiger partial charge in [0.05, 0.1) is 37.9 Å². The molecule has 53 heavy (non-hydrogen) atoms. The van der Waals surface area contributed by atoms with Crippen LogP contribution in [0.4, 0.5) is 0 Å². The van der Waals surface area contributed by atoms with E-state index in [9.17, 15) is 9.90 Å². The topological polar surface area (TPSA) is 111 Å². The summed E-state index contributed by atoms with van der Waals surface area (Å²) in [5.74, 6) is 1.29. The van der Waals surface area contributed by atoms with Crippen molar-refractivity contribution >= 4 is 5.97 Å². The van der Waals surface area contributed by atoms with Crippen molar-refractivity contribution < 1.29 is 19.4 Å². The van der Waals surface area contributed by atoms with E-state index in [0.29, 0.717) is 43.5 Å². The Labute approximate surface area is 317 Å². The number of aromatic nitrogens is 4. The molecule has 0 aromatic carbocycles. The first-order chi connectivity index (χ1) is 25.2. The molecule has 4 saturated carbocycles. The van der Waals surface area contributed by atoms with Crippen molar-refractivity contribution in [1.82, 2.24) is 25.1 Å². The molecule has 3 heterocycles. The number of nitrogens with zero attached hydrogens (tertiary/aromatic N) is 4. The van der Waals surface area contributed by atoms with Crippen LogP contribution in [-0.4, -0.2) is 68.8 Å². The first-order valence-electron chi connectivity index (χ1n) is 20.9. The number of pyridine rings is 1. The number of rotatable bonds is 10. The number of allylic oxidation sites excluding steroid dienone is 1. The van der Waals surface area contributed by atoms with E-state index < -0.39 is 11.9 Å². The van der Waals surface area contributed by atoms with Gasteiger partial charge in [-0.1, -0.05) is 67.0 Å². The number of hydrogen-bond donors (Lipinski definition) is 2. The fourth-order valence-electron chi connectivity index (χ4n) is 13.9. The molecule has 2 N–H and O–H groups in total. The summed E-state index contributed by atoms with van der Waals surface area (Å²) in [4.78, 5) is 22.7. The van der Waals surface area contributed by atoms with Crippen LogP contribution in [0.2, 0.25) is 0 Å². The van der Waals surface area contributed by atoms with Gasteiger partial charge in [-0.3, -0.25) is 9.78 Å². The SMILES string of the molecule is CCNC1(CO[C@H]2[C@H](n3ncnc3-c3ccncc3)C[C@@]34COC[C@]2(C)[C@@H]3CC[C@H]2C4=CC[C@@]3(C)[C@H](C(=O)O)[C@@](C)([C@H](C)C(C)C)CC[C@]23C)CCC1. The van der Waals surface area contributed by atoms with Crippen molar-refractivity contribution in [3.8, 4) is 11.4 Å². The average molecular weight is 728 g/mol. The Kier molecular flexibility index (Phi) is 9.13. The zero-order chi connectivity index (χ0) is 37.6. The van der Waals surface area contributed by atoms with Gasteiger partial charge in [0.1, 0.15) is 6.33 Å². The van der Waals surface area contributed by atoms with Gasteiger partial charge in [-0.2, -0.15) is 5.10 Å². The fourth-order valence-corrected chi connectivity index (χ4v) is 13.9. The number of likely N-dealkylation sites (N-methyl/N-ethyl adjacent to an activating group) is 1. The van der Waals surface area contributed by atoms with Crippen LogP contribution in [0.15, 0.2) is 42.5 Å². The highest BCUT2D eigenvalue weighted by Gasteiger charge is 2.72. The second-order valence-corrected chi connectivity index (χ2v) is 19.8. The first-order valence-corrected chi connectivity index (χ1v) is 20.9. The summed E-state index contributed by atoms with van der Waals surface area (Å²) in [5, 5.41) is 20.0. The lowest BCUT2D eigenvalue weighted by atomic mass is 9.34. The minimum Gasteiger partial charge on any atom is -0.481 e. The van der Waals surface area contributed by atoms with Crippen molar-refractivity contribution in [3.63, 3.8) is 0 Å². The standard InChI is InChI=1S/C44H65N5O4/c1-9-47-43(16-10-17-43)25-53-36-33(49-37(46-27-48-49)30-14-21-45-22-15-30)23-44-26-52-24-40(36,6)34(44)12-11-31-32(44)13-18-42(8)35(38(50)51)39(5,29(4)28(2)3)19-20-41(31,42)7/h13-15,21-22,27-29,31,33-36,47H,9-12,16-20,23-26H2,1-8H3,(H,50,51)/t29-,31+,33-,34+,35-,36+,39-,40-,41-,42+,44+/m1/s1. The van der Waals surface area contributed by atoms with Gasteiger partial charge in [0.2, 0.25) is 0 Å². The normalized spacial score (nSPS) is 42.1. The van der Waals surface area contributed by atoms with E-state index in [1.807, 2.05) is 24.5 Å². The molecule has 5 fully saturated rings. The Bertz CT molecular complexity index is 1720. The second kappa shape index (κ2) is 13.0. The van der Waals surface area contributed by atoms with Crippen LogP contribution < -0.4 is 5.32 Å². The third-order valence-electron chi connectivity index (χ3n) is 17.3. The highest BCUT2D eigenvalue weighted by atomic mass is 16.5. The largest absolute Gasteiger partial charge is 0.481 e. The van der Waals surface area contributed by atoms with E-state index >= 15 is 0 Å². The number of fused-ring (bicyclic) bond motifs is 3. The molecule has 9 nitrogen and oxygen atoms in total. The number of aliphatic carboxylic acids is 1. The second-order valence-electron chi connectivity index (χ2n) is 19.8. The van der Waals surface area contributed by atoms with Crippen LogP contribution in [0.5, 0.6) is 0 Å². The molecule has 11 atom stereocenters. The van der Waals surface area contributed by atoms with E-state index in [4.69, 9.17) is 19.6 Å². The van der Waals surface area contributed by atoms with Gasteiger partial charge < -0.3 is 19.9 Å². The Balaban J connectivity index is 1.23. The van der Waals surface area contributed by atoms with Crippen molar-refractivity contribution in [2.75, 3.05) is 26.4 Å². The van der Waals surface area contributed by atoms with Gasteiger partial charge in [0, 0.05) is 34.3 Å². The molecule has 0 radical (unpaired) electrons. The van der Waals surface area contributed by atoms with E-state index in [2.05, 4.69) is 76.4 Å². The highest BCUT2D eigenvalue weighted by molar-refractivity contribution is 5.73. The van der Waals surface area contributed by atoms with Crippen LogP contribution in [-0.2, 0) is 14.3 Å². The number of ether oxygens (including phenoxy) is 2. The maximum absolute atomic E-state index is 13.6. The highest BCUT2D eigenvalue weighted by Crippen LogP contribution is 2.75. The molecule has 2 aromatic heterocycles. The molecule has 2 aromatic rings. The number of carbonyl (C=O) groups is 1. The first kappa shape index (κ1) is 37.3. The van der Waals surface area contributed by atoms with E-state index in [1.165, 1.54) is 6.42 Å². The maximum Gasteiger partial charge on any atom is 0.307 e. The van der Waals surface area contributed by atoms with Crippen LogP contribution in [0.1, 0.15) is 119 Å². The van der Waals surface area contributed by atoms with E-state index in [1.54, 1.807) is 11.9 Å². The number of hydrogen-bond acceptors (Lipinski definition) is 7. The minimum atomic E-state index is -0.611. The van der Waals surface area contributed by atoms with Crippen LogP contribution in [0.25, 0.3) is 11.4 Å². The third-order valence-corrected chi connectivity index (χ3v) is 17.3. The molecular formula is C44H65N5O4. The molecule has 1 saturated heterocycles. The van der Waals surface area contributed by atoms with Gasteiger partial charge in [0.25, 0.3) is 0 Å². The summed E-state index contributed by atoms with van der Waals surface area (Å²) >= 11 is 0. The Morgan fingerprint density at radius 2 is 1.81 bits per heavy atom. The van der Waals surface area contributed by atoms with Crippen LogP contribution in [0, 0.1) is 56.7 Å². The smallest absolute Gasteiger partial charge is 0.307 e. The molecule has 1 aliphatic heterocycles. The molecule has 290 valence electrons. The monoisotopic (exact) mass is 728 g/mol. The van der Waals surface area contributed by atoms with Gasteiger partial charge in [-0.25, -0.2) is 9.67 Å². The quantitative estimate of drug-likeness (QED) is 0.235. The molecule has 6 aliphatic rings. The molecule has 9 heteroatoms. The molecule has 0 unspecified atom stereocenters. The lowest BCUT2D eigenvalue weighted by molar-refractivity contribution is -0.254. The lowest BCUT2D eigenvalue weighted by Gasteiger charge is -2.71. The average Bonchev–Trinajstić information content (AvgIpc) is 3.60. The summed E-state index contributed by atoms with van der Waals surface area (Å²) in [7, 11) is 0. The zero-order valence-corrected chi connectivity index (χ0v) is 33.7. The summed E-state index contributed by atoms with van der Waals surface area (Å²) in [6.45, 7) is 21.6. The molecule has 2 bridgehead atoms. The molecule has 8 rings (SSSR count). The lowest BCUT2D eigenvalue weighted by Crippen LogP contribution is -2.69.